The Morgan fingerprint density at radius 3 is 2.18 bits per heavy atom. The molecule has 0 radical (unpaired) electrons. The van der Waals surface area contributed by atoms with Crippen LogP contribution in [0.3, 0.4) is 0 Å². The minimum absolute atomic E-state index is 0.00305. The van der Waals surface area contributed by atoms with Crippen LogP contribution in [0.1, 0.15) is 54.6 Å². The summed E-state index contributed by atoms with van der Waals surface area (Å²) in [6, 6.07) is 19.7. The number of halogens is 4. The molecule has 4 amide bonds. The van der Waals surface area contributed by atoms with Crippen LogP contribution >= 0.6 is 11.6 Å². The number of hydrogen-bond acceptors (Lipinski definition) is 10. The standard InChI is InChI=1S/C38H41ClF3N9O5/c1-36(2,21-45-31(54)32(55)46-28-6-4-5-23(19-28)7-16-29(52)43-3)20-44-30(53)24-8-14-27(15-9-24)47-33-48-34(50-35(49-33)56-22-38(40,41)42)51-37(17-18-37)25-10-12-26(39)13-11-25/h4-6,8-15,19H,7,16-18,20-22H2,1-3H3,(H,43,52)(H,44,53)(H,45,54)(H,46,55)(H2,47,48,49,50,51). The molecule has 14 nitrogen and oxygen atoms in total. The number of nitrogens with one attached hydrogen (secondary N) is 6. The van der Waals surface area contributed by atoms with Crippen LogP contribution in [0.4, 0.5) is 36.4 Å². The molecule has 0 aliphatic heterocycles. The number of aryl methyl sites for hydroxylation is 1. The highest BCUT2D eigenvalue weighted by Gasteiger charge is 2.45. The lowest BCUT2D eigenvalue weighted by Crippen LogP contribution is -2.44. The van der Waals surface area contributed by atoms with Crippen molar-refractivity contribution in [3.8, 4) is 6.01 Å². The Labute approximate surface area is 325 Å². The maximum Gasteiger partial charge on any atom is 0.422 e. The van der Waals surface area contributed by atoms with Gasteiger partial charge in [-0.25, -0.2) is 0 Å². The molecule has 0 unspecified atom stereocenters. The third-order valence-electron chi connectivity index (χ3n) is 8.65. The van der Waals surface area contributed by atoms with E-state index < -0.39 is 47.5 Å². The lowest BCUT2D eigenvalue weighted by molar-refractivity contribution is -0.154. The lowest BCUT2D eigenvalue weighted by atomic mass is 9.93. The average Bonchev–Trinajstić information content (AvgIpc) is 3.94. The molecule has 56 heavy (non-hydrogen) atoms. The predicted octanol–water partition coefficient (Wildman–Crippen LogP) is 5.50. The molecule has 18 heteroatoms. The highest BCUT2D eigenvalue weighted by Crippen LogP contribution is 2.48. The molecule has 5 rings (SSSR count). The Balaban J connectivity index is 1.14. The van der Waals surface area contributed by atoms with Crippen LogP contribution in [-0.4, -0.2) is 71.5 Å². The molecule has 0 bridgehead atoms. The molecular weight excluding hydrogens is 755 g/mol. The van der Waals surface area contributed by atoms with Crippen LogP contribution in [-0.2, 0) is 26.3 Å². The van der Waals surface area contributed by atoms with Gasteiger partial charge in [0.2, 0.25) is 17.8 Å². The van der Waals surface area contributed by atoms with Crippen LogP contribution in [0.25, 0.3) is 0 Å². The lowest BCUT2D eigenvalue weighted by Gasteiger charge is -2.25. The van der Waals surface area contributed by atoms with Crippen molar-refractivity contribution in [2.45, 2.75) is 51.2 Å². The Morgan fingerprint density at radius 2 is 1.52 bits per heavy atom. The smallest absolute Gasteiger partial charge is 0.422 e. The number of aromatic nitrogens is 3. The molecular formula is C38H41ClF3N9O5. The molecule has 1 saturated carbocycles. The number of amides is 4. The summed E-state index contributed by atoms with van der Waals surface area (Å²) in [4.78, 5) is 62.0. The van der Waals surface area contributed by atoms with Crippen LogP contribution < -0.4 is 36.6 Å². The maximum absolute atomic E-state index is 13.0. The summed E-state index contributed by atoms with van der Waals surface area (Å²) >= 11 is 6.04. The highest BCUT2D eigenvalue weighted by molar-refractivity contribution is 6.39. The van der Waals surface area contributed by atoms with Crippen molar-refractivity contribution in [1.29, 1.82) is 0 Å². The summed E-state index contributed by atoms with van der Waals surface area (Å²) in [7, 11) is 1.55. The van der Waals surface area contributed by atoms with E-state index in [1.54, 1.807) is 63.4 Å². The minimum Gasteiger partial charge on any atom is -0.454 e. The quantitative estimate of drug-likeness (QED) is 0.0791. The molecule has 0 atom stereocenters. The summed E-state index contributed by atoms with van der Waals surface area (Å²) in [5, 5.41) is 17.2. The van der Waals surface area contributed by atoms with Crippen molar-refractivity contribution in [2.24, 2.45) is 5.41 Å². The number of ether oxygens (including phenoxy) is 1. The first-order valence-corrected chi connectivity index (χ1v) is 17.9. The minimum atomic E-state index is -4.62. The predicted molar refractivity (Wildman–Crippen MR) is 204 cm³/mol. The van der Waals surface area contributed by atoms with E-state index in [1.165, 1.54) is 12.1 Å². The monoisotopic (exact) mass is 795 g/mol. The second kappa shape index (κ2) is 17.7. The van der Waals surface area contributed by atoms with Crippen LogP contribution in [0.15, 0.2) is 72.8 Å². The molecule has 0 saturated heterocycles. The summed E-state index contributed by atoms with van der Waals surface area (Å²) in [5.41, 5.74) is 1.71. The van der Waals surface area contributed by atoms with Crippen molar-refractivity contribution in [2.75, 3.05) is 42.7 Å². The average molecular weight is 796 g/mol. The van der Waals surface area contributed by atoms with Crippen LogP contribution in [0.5, 0.6) is 6.01 Å². The largest absolute Gasteiger partial charge is 0.454 e. The maximum atomic E-state index is 13.0. The van der Waals surface area contributed by atoms with Gasteiger partial charge in [-0.05, 0) is 84.3 Å². The van der Waals surface area contributed by atoms with E-state index in [1.807, 2.05) is 18.2 Å². The fraction of sp³-hybridized carbons (Fsp3) is 0.342. The van der Waals surface area contributed by atoms with Gasteiger partial charge in [-0.3, -0.25) is 19.2 Å². The van der Waals surface area contributed by atoms with Gasteiger partial charge in [0.25, 0.3) is 5.91 Å². The van der Waals surface area contributed by atoms with Gasteiger partial charge in [-0.15, -0.1) is 0 Å². The first kappa shape index (κ1) is 41.2. The van der Waals surface area contributed by atoms with E-state index in [9.17, 15) is 32.3 Å². The zero-order valence-corrected chi connectivity index (χ0v) is 31.5. The first-order chi connectivity index (χ1) is 26.5. The number of nitrogens with zero attached hydrogens (tertiary/aromatic N) is 3. The molecule has 6 N–H and O–H groups in total. The van der Waals surface area contributed by atoms with E-state index in [4.69, 9.17) is 16.3 Å². The van der Waals surface area contributed by atoms with Crippen LogP contribution in [0.2, 0.25) is 5.02 Å². The number of hydrogen-bond donors (Lipinski definition) is 6. The third kappa shape index (κ3) is 12.3. The number of carbonyl (C=O) groups excluding carboxylic acids is 4. The van der Waals surface area contributed by atoms with E-state index in [-0.39, 0.29) is 37.3 Å². The van der Waals surface area contributed by atoms with Crippen molar-refractivity contribution in [3.05, 3.63) is 94.5 Å². The summed E-state index contributed by atoms with van der Waals surface area (Å²) < 4.78 is 43.7. The molecule has 1 aromatic heterocycles. The molecule has 296 valence electrons. The Morgan fingerprint density at radius 1 is 0.839 bits per heavy atom. The number of alkyl halides is 3. The Kier molecular flexibility index (Phi) is 13.0. The van der Waals surface area contributed by atoms with Crippen molar-refractivity contribution < 1.29 is 37.1 Å². The Bertz CT molecular complexity index is 2040. The number of anilines is 4. The molecule has 4 aromatic rings. The third-order valence-corrected chi connectivity index (χ3v) is 8.90. The number of carbonyl (C=O) groups is 4. The van der Waals surface area contributed by atoms with Crippen LogP contribution in [0, 0.1) is 5.41 Å². The van der Waals surface area contributed by atoms with Gasteiger partial charge in [0.1, 0.15) is 0 Å². The fourth-order valence-electron chi connectivity index (χ4n) is 5.37. The fourth-order valence-corrected chi connectivity index (χ4v) is 5.49. The van der Waals surface area contributed by atoms with Crippen molar-refractivity contribution in [1.82, 2.24) is 30.9 Å². The van der Waals surface area contributed by atoms with Gasteiger partial charge < -0.3 is 36.6 Å². The molecule has 1 fully saturated rings. The molecule has 0 spiro atoms. The number of rotatable bonds is 16. The van der Waals surface area contributed by atoms with Gasteiger partial charge >= 0.3 is 24.0 Å². The van der Waals surface area contributed by atoms with Gasteiger partial charge in [0, 0.05) is 48.5 Å². The summed E-state index contributed by atoms with van der Waals surface area (Å²) in [5.74, 6) is -2.31. The highest BCUT2D eigenvalue weighted by atomic mass is 35.5. The molecule has 1 heterocycles. The SMILES string of the molecule is CNC(=O)CCc1cccc(NC(=O)C(=O)NCC(C)(C)CNC(=O)c2ccc(Nc3nc(NC4(c5ccc(Cl)cc5)CC4)nc(OCC(F)(F)F)n3)cc2)c1. The second-order valence-electron chi connectivity index (χ2n) is 13.9. The van der Waals surface area contributed by atoms with Gasteiger partial charge in [-0.2, -0.15) is 28.1 Å². The van der Waals surface area contributed by atoms with Gasteiger partial charge in [0.15, 0.2) is 6.61 Å². The van der Waals surface area contributed by atoms with Crippen molar-refractivity contribution >= 4 is 58.5 Å². The zero-order chi connectivity index (χ0) is 40.5. The van der Waals surface area contributed by atoms with E-state index in [0.29, 0.717) is 28.4 Å². The molecule has 1 aliphatic rings. The summed E-state index contributed by atoms with van der Waals surface area (Å²) in [6.45, 7) is 2.24. The van der Waals surface area contributed by atoms with E-state index in [0.717, 1.165) is 24.0 Å². The van der Waals surface area contributed by atoms with E-state index in [2.05, 4.69) is 46.9 Å². The summed E-state index contributed by atoms with van der Waals surface area (Å²) in [6.07, 6.45) is -2.40. The molecule has 1 aliphatic carbocycles. The topological polar surface area (TPSA) is 188 Å². The van der Waals surface area contributed by atoms with Crippen molar-refractivity contribution in [3.63, 3.8) is 0 Å². The molecule has 3 aromatic carbocycles. The second-order valence-corrected chi connectivity index (χ2v) is 14.4. The number of benzene rings is 3. The first-order valence-electron chi connectivity index (χ1n) is 17.6. The zero-order valence-electron chi connectivity index (χ0n) is 30.8. The van der Waals surface area contributed by atoms with Gasteiger partial charge in [-0.1, -0.05) is 49.7 Å². The van der Waals surface area contributed by atoms with E-state index >= 15 is 0 Å². The Hall–Kier alpha value is -5.97. The van der Waals surface area contributed by atoms with Gasteiger partial charge in [0.05, 0.1) is 5.54 Å². The normalized spacial score (nSPS) is 13.2.